The van der Waals surface area contributed by atoms with Gasteiger partial charge in [0.2, 0.25) is 0 Å². The van der Waals surface area contributed by atoms with E-state index in [4.69, 9.17) is 15.6 Å². The molecule has 8 heteroatoms. The number of piperazine rings is 1. The Kier molecular flexibility index (Phi) is 8.88. The fourth-order valence-corrected chi connectivity index (χ4v) is 3.53. The van der Waals surface area contributed by atoms with Crippen molar-refractivity contribution in [2.24, 2.45) is 0 Å². The summed E-state index contributed by atoms with van der Waals surface area (Å²) < 4.78 is 14.2. The highest BCUT2D eigenvalue weighted by atomic mass is 79.9. The zero-order chi connectivity index (χ0) is 20.5. The van der Waals surface area contributed by atoms with Crippen LogP contribution >= 0.6 is 31.9 Å². The van der Waals surface area contributed by atoms with Crippen molar-refractivity contribution in [1.82, 2.24) is 4.90 Å². The highest BCUT2D eigenvalue weighted by molar-refractivity contribution is 9.10. The van der Waals surface area contributed by atoms with Gasteiger partial charge >= 0.3 is 0 Å². The van der Waals surface area contributed by atoms with E-state index in [-0.39, 0.29) is 12.2 Å². The first-order valence-electron chi connectivity index (χ1n) is 8.61. The molecule has 146 valence electrons. The van der Waals surface area contributed by atoms with E-state index in [1.54, 1.807) is 12.1 Å². The molecule has 0 atom stereocenters. The highest BCUT2D eigenvalue weighted by Crippen LogP contribution is 2.25. The molecule has 1 fully saturated rings. The van der Waals surface area contributed by atoms with Crippen LogP contribution in [0.25, 0.3) is 0 Å². The summed E-state index contributed by atoms with van der Waals surface area (Å²) >= 11 is 6.50. The summed E-state index contributed by atoms with van der Waals surface area (Å²) in [5, 5.41) is 26.4. The van der Waals surface area contributed by atoms with Gasteiger partial charge < -0.3 is 10.0 Å². The van der Waals surface area contributed by atoms with Gasteiger partial charge in [0.15, 0.2) is 0 Å². The van der Waals surface area contributed by atoms with Gasteiger partial charge in [-0.3, -0.25) is 4.90 Å². The maximum atomic E-state index is 12.5. The van der Waals surface area contributed by atoms with E-state index >= 15 is 0 Å². The molecule has 0 spiro atoms. The molecule has 0 bridgehead atoms. The summed E-state index contributed by atoms with van der Waals surface area (Å²) in [5.74, 6) is -0.481. The molecule has 2 aromatic carbocycles. The Morgan fingerprint density at radius 1 is 0.929 bits per heavy atom. The lowest BCUT2D eigenvalue weighted by Gasteiger charge is -2.36. The zero-order valence-electron chi connectivity index (χ0n) is 15.1. The zero-order valence-corrected chi connectivity index (χ0v) is 18.2. The molecule has 1 heterocycles. The van der Waals surface area contributed by atoms with E-state index in [1.807, 2.05) is 18.2 Å². The second kappa shape index (κ2) is 11.1. The smallest absolute Gasteiger partial charge is 0.141 e. The lowest BCUT2D eigenvalue weighted by Crippen LogP contribution is -2.47. The van der Waals surface area contributed by atoms with Gasteiger partial charge in [0.1, 0.15) is 18.0 Å². The van der Waals surface area contributed by atoms with Crippen LogP contribution < -0.4 is 4.90 Å². The third kappa shape index (κ3) is 6.29. The Bertz CT molecular complexity index is 887. The van der Waals surface area contributed by atoms with Crippen LogP contribution in [-0.2, 0) is 0 Å². The van der Waals surface area contributed by atoms with E-state index < -0.39 is 5.82 Å². The van der Waals surface area contributed by atoms with Crippen LogP contribution in [0.5, 0.6) is 0 Å². The third-order valence-corrected chi connectivity index (χ3v) is 5.24. The fraction of sp³-hybridized carbons (Fsp3) is 0.300. The molecule has 0 radical (unpaired) electrons. The molecule has 2 aromatic rings. The number of halogens is 3. The number of rotatable bonds is 3. The van der Waals surface area contributed by atoms with Crippen molar-refractivity contribution in [3.63, 3.8) is 0 Å². The lowest BCUT2D eigenvalue weighted by molar-refractivity contribution is 0.189. The Hall–Kier alpha value is -1.97. The van der Waals surface area contributed by atoms with Crippen molar-refractivity contribution in [3.8, 4) is 12.1 Å². The Morgan fingerprint density at radius 3 is 2.04 bits per heavy atom. The molecule has 0 aliphatic carbocycles. The van der Waals surface area contributed by atoms with Crippen molar-refractivity contribution in [3.05, 3.63) is 62.3 Å². The number of nitriles is 2. The molecule has 28 heavy (non-hydrogen) atoms. The predicted octanol–water partition coefficient (Wildman–Crippen LogP) is 3.89. The van der Waals surface area contributed by atoms with Gasteiger partial charge in [-0.2, -0.15) is 10.5 Å². The number of nitrogens with zero attached hydrogens (tertiary/aromatic N) is 4. The summed E-state index contributed by atoms with van der Waals surface area (Å²) in [6, 6.07) is 14.0. The van der Waals surface area contributed by atoms with Gasteiger partial charge in [-0.05, 0) is 36.4 Å². The number of anilines is 1. The molecule has 5 nitrogen and oxygen atoms in total. The number of hydrogen-bond acceptors (Lipinski definition) is 5. The first kappa shape index (κ1) is 22.3. The number of benzene rings is 2. The Morgan fingerprint density at radius 2 is 1.50 bits per heavy atom. The normalized spacial score (nSPS) is 13.9. The molecule has 1 aliphatic heterocycles. The van der Waals surface area contributed by atoms with Crippen LogP contribution in [0.4, 0.5) is 10.1 Å². The van der Waals surface area contributed by atoms with Gasteiger partial charge in [0.05, 0.1) is 23.4 Å². The minimum atomic E-state index is -0.481. The van der Waals surface area contributed by atoms with Crippen LogP contribution in [-0.4, -0.2) is 49.3 Å². The molecular formula is C20H19Br2FN4O. The molecule has 1 saturated heterocycles. The van der Waals surface area contributed by atoms with E-state index in [9.17, 15) is 4.39 Å². The summed E-state index contributed by atoms with van der Waals surface area (Å²) in [6.45, 7) is 4.61. The minimum absolute atomic E-state index is 0.0642. The van der Waals surface area contributed by atoms with Gasteiger partial charge in [-0.1, -0.05) is 31.9 Å². The molecule has 0 unspecified atom stereocenters. The van der Waals surface area contributed by atoms with Crippen molar-refractivity contribution in [2.45, 2.75) is 0 Å². The lowest BCUT2D eigenvalue weighted by atomic mass is 10.1. The maximum Gasteiger partial charge on any atom is 0.141 e. The largest absolute Gasteiger partial charge is 0.395 e. The van der Waals surface area contributed by atoms with Crippen molar-refractivity contribution in [2.75, 3.05) is 44.2 Å². The van der Waals surface area contributed by atoms with Crippen molar-refractivity contribution < 1.29 is 9.50 Å². The van der Waals surface area contributed by atoms with Crippen molar-refractivity contribution in [1.29, 1.82) is 10.5 Å². The third-order valence-electron chi connectivity index (χ3n) is 4.26. The van der Waals surface area contributed by atoms with E-state index in [0.717, 1.165) is 42.9 Å². The number of β-amino-alcohol motifs (C(OH)–C–C–N with tert-alkyl or cyclic N) is 1. The summed E-state index contributed by atoms with van der Waals surface area (Å²) in [4.78, 5) is 4.47. The highest BCUT2D eigenvalue weighted by Gasteiger charge is 2.18. The standard InChI is InChI=1S/C13H16BrN3O.C7H3BrFN/c14-12-1-2-13(11(9-12)10-15)17-5-3-16(4-6-17)7-8-18;8-6-1-2-7(9)5(3-6)4-10/h1-2,9,18H,3-8H2;1-3H. The summed E-state index contributed by atoms with van der Waals surface area (Å²) in [7, 11) is 0. The predicted molar refractivity (Wildman–Crippen MR) is 113 cm³/mol. The van der Waals surface area contributed by atoms with Crippen LogP contribution in [0.3, 0.4) is 0 Å². The SMILES string of the molecule is N#Cc1cc(Br)ccc1F.N#Cc1cc(Br)ccc1N1CCN(CCO)CC1. The van der Waals surface area contributed by atoms with Gasteiger partial charge in [0, 0.05) is 41.7 Å². The first-order chi connectivity index (χ1) is 13.5. The molecule has 1 N–H and O–H groups in total. The van der Waals surface area contributed by atoms with Gasteiger partial charge in [-0.25, -0.2) is 4.39 Å². The average molecular weight is 510 g/mol. The first-order valence-corrected chi connectivity index (χ1v) is 10.2. The maximum absolute atomic E-state index is 12.5. The monoisotopic (exact) mass is 508 g/mol. The van der Waals surface area contributed by atoms with Gasteiger partial charge in [-0.15, -0.1) is 0 Å². The molecule has 1 aliphatic rings. The second-order valence-corrected chi connectivity index (χ2v) is 7.89. The topological polar surface area (TPSA) is 74.3 Å². The minimum Gasteiger partial charge on any atom is -0.395 e. The van der Waals surface area contributed by atoms with E-state index in [0.29, 0.717) is 10.0 Å². The van der Waals surface area contributed by atoms with E-state index in [2.05, 4.69) is 47.7 Å². The summed E-state index contributed by atoms with van der Waals surface area (Å²) in [6.07, 6.45) is 0. The quantitative estimate of drug-likeness (QED) is 0.679. The number of aliphatic hydroxyl groups excluding tert-OH is 1. The summed E-state index contributed by atoms with van der Waals surface area (Å²) in [5.41, 5.74) is 1.78. The number of hydrogen-bond donors (Lipinski definition) is 1. The average Bonchev–Trinajstić information content (AvgIpc) is 2.71. The fourth-order valence-electron chi connectivity index (χ4n) is 2.81. The van der Waals surface area contributed by atoms with Crippen LogP contribution in [0.15, 0.2) is 45.3 Å². The Balaban J connectivity index is 0.000000237. The van der Waals surface area contributed by atoms with Crippen molar-refractivity contribution >= 4 is 37.5 Å². The van der Waals surface area contributed by atoms with Crippen LogP contribution in [0.1, 0.15) is 11.1 Å². The molecule has 0 amide bonds. The molecular weight excluding hydrogens is 491 g/mol. The van der Waals surface area contributed by atoms with Gasteiger partial charge in [0.25, 0.3) is 0 Å². The number of aliphatic hydroxyl groups is 1. The Labute approximate surface area is 180 Å². The molecule has 0 saturated carbocycles. The second-order valence-electron chi connectivity index (χ2n) is 6.06. The van der Waals surface area contributed by atoms with E-state index in [1.165, 1.54) is 12.1 Å². The molecule has 3 rings (SSSR count). The molecule has 0 aromatic heterocycles. The van der Waals surface area contributed by atoms with Crippen LogP contribution in [0, 0.1) is 28.5 Å². The van der Waals surface area contributed by atoms with Crippen LogP contribution in [0.2, 0.25) is 0 Å².